The number of hydrogen-bond acceptors (Lipinski definition) is 5. The van der Waals surface area contributed by atoms with Gasteiger partial charge in [-0.05, 0) is 57.8 Å². The molecule has 0 aliphatic heterocycles. The number of ether oxygens (including phenoxy) is 1. The molecular formula is C50H95NO5. The Morgan fingerprint density at radius 2 is 0.911 bits per heavy atom. The van der Waals surface area contributed by atoms with E-state index in [-0.39, 0.29) is 24.9 Å². The Balaban J connectivity index is 4.37. The monoisotopic (exact) mass is 790 g/mol. The van der Waals surface area contributed by atoms with Crippen molar-refractivity contribution in [3.8, 4) is 0 Å². The van der Waals surface area contributed by atoms with Crippen molar-refractivity contribution in [1.82, 2.24) is 5.32 Å². The second-order valence-electron chi connectivity index (χ2n) is 16.9. The summed E-state index contributed by atoms with van der Waals surface area (Å²) in [5, 5.41) is 23.6. The van der Waals surface area contributed by atoms with Crippen molar-refractivity contribution in [2.24, 2.45) is 0 Å². The number of aliphatic hydroxyl groups is 2. The lowest BCUT2D eigenvalue weighted by Crippen LogP contribution is -2.46. The molecule has 0 fully saturated rings. The summed E-state index contributed by atoms with van der Waals surface area (Å²) >= 11 is 0. The van der Waals surface area contributed by atoms with Crippen LogP contribution >= 0.6 is 0 Å². The third-order valence-electron chi connectivity index (χ3n) is 11.3. The minimum absolute atomic E-state index is 0.0778. The maximum Gasteiger partial charge on any atom is 0.306 e. The van der Waals surface area contributed by atoms with Crippen molar-refractivity contribution in [2.75, 3.05) is 6.61 Å². The summed E-state index contributed by atoms with van der Waals surface area (Å²) in [5.41, 5.74) is 0. The molecule has 0 aliphatic rings. The average Bonchev–Trinajstić information content (AvgIpc) is 3.19. The fraction of sp³-hybridized carbons (Fsp3) is 0.880. The standard InChI is InChI=1S/C50H95NO5/c1-4-7-10-13-16-18-20-22-23-24-25-27-29-31-34-37-40-43-50(55)56-46(41-38-35-32-15-12-9-6-3)44-49(54)51-47(45-52)48(53)42-39-36-33-30-28-26-21-19-17-14-11-8-5-2/h16,18,22-23,46-48,52-53H,4-15,17,19-21,24-45H2,1-3H3,(H,51,54)/b18-16-,23-22-. The van der Waals surface area contributed by atoms with Gasteiger partial charge in [-0.2, -0.15) is 0 Å². The zero-order chi connectivity index (χ0) is 41.0. The lowest BCUT2D eigenvalue weighted by molar-refractivity contribution is -0.151. The highest BCUT2D eigenvalue weighted by atomic mass is 16.5. The average molecular weight is 790 g/mol. The molecule has 0 radical (unpaired) electrons. The number of hydrogen-bond donors (Lipinski definition) is 3. The molecule has 0 aromatic rings. The first-order valence-corrected chi connectivity index (χ1v) is 24.6. The second-order valence-corrected chi connectivity index (χ2v) is 16.9. The molecule has 0 saturated heterocycles. The molecule has 0 aromatic carbocycles. The maximum absolute atomic E-state index is 13.1. The minimum Gasteiger partial charge on any atom is -0.462 e. The molecule has 330 valence electrons. The summed E-state index contributed by atoms with van der Waals surface area (Å²) in [4.78, 5) is 25.9. The van der Waals surface area contributed by atoms with Gasteiger partial charge < -0.3 is 20.3 Å². The molecule has 0 spiro atoms. The number of rotatable bonds is 44. The van der Waals surface area contributed by atoms with Crippen LogP contribution in [0.15, 0.2) is 24.3 Å². The predicted molar refractivity (Wildman–Crippen MR) is 241 cm³/mol. The van der Waals surface area contributed by atoms with E-state index in [4.69, 9.17) is 4.74 Å². The van der Waals surface area contributed by atoms with E-state index in [1.54, 1.807) is 0 Å². The van der Waals surface area contributed by atoms with Crippen LogP contribution in [0.5, 0.6) is 0 Å². The van der Waals surface area contributed by atoms with Crippen LogP contribution in [-0.4, -0.2) is 46.9 Å². The van der Waals surface area contributed by atoms with E-state index in [1.165, 1.54) is 154 Å². The molecule has 3 unspecified atom stereocenters. The first-order valence-electron chi connectivity index (χ1n) is 24.6. The van der Waals surface area contributed by atoms with Crippen LogP contribution in [0.1, 0.15) is 258 Å². The Morgan fingerprint density at radius 3 is 1.39 bits per heavy atom. The zero-order valence-corrected chi connectivity index (χ0v) is 37.5. The lowest BCUT2D eigenvalue weighted by atomic mass is 10.0. The van der Waals surface area contributed by atoms with Gasteiger partial charge in [0, 0.05) is 6.42 Å². The molecule has 1 amide bonds. The highest BCUT2D eigenvalue weighted by molar-refractivity contribution is 5.77. The molecule has 0 heterocycles. The van der Waals surface area contributed by atoms with Gasteiger partial charge in [-0.25, -0.2) is 0 Å². The summed E-state index contributed by atoms with van der Waals surface area (Å²) in [6.07, 6.45) is 49.6. The topological polar surface area (TPSA) is 95.9 Å². The van der Waals surface area contributed by atoms with E-state index in [0.717, 1.165) is 57.8 Å². The van der Waals surface area contributed by atoms with Crippen molar-refractivity contribution in [2.45, 2.75) is 277 Å². The quantitative estimate of drug-likeness (QED) is 0.0324. The van der Waals surface area contributed by atoms with Crippen LogP contribution in [0.4, 0.5) is 0 Å². The third kappa shape index (κ3) is 39.2. The molecule has 0 rings (SSSR count). The molecule has 0 aliphatic carbocycles. The van der Waals surface area contributed by atoms with Gasteiger partial charge in [0.2, 0.25) is 5.91 Å². The van der Waals surface area contributed by atoms with Crippen LogP contribution in [0.3, 0.4) is 0 Å². The van der Waals surface area contributed by atoms with Crippen molar-refractivity contribution in [1.29, 1.82) is 0 Å². The Labute approximate surface area is 348 Å². The van der Waals surface area contributed by atoms with Crippen LogP contribution < -0.4 is 5.32 Å². The maximum atomic E-state index is 13.1. The molecule has 6 heteroatoms. The first kappa shape index (κ1) is 54.3. The molecule has 56 heavy (non-hydrogen) atoms. The summed E-state index contributed by atoms with van der Waals surface area (Å²) in [6, 6.07) is -0.696. The minimum atomic E-state index is -0.782. The summed E-state index contributed by atoms with van der Waals surface area (Å²) in [7, 11) is 0. The SMILES string of the molecule is CCCCC/C=C\C/C=C\CCCCCCCCCC(=O)OC(CCCCCCCCC)CC(=O)NC(CO)C(O)CCCCCCCCCCCCCCC. The number of unbranched alkanes of at least 4 members (excludes halogenated alkanes) is 28. The summed E-state index contributed by atoms with van der Waals surface area (Å²) in [6.45, 7) is 6.43. The Morgan fingerprint density at radius 1 is 0.518 bits per heavy atom. The van der Waals surface area contributed by atoms with E-state index in [1.807, 2.05) is 0 Å². The first-order chi connectivity index (χ1) is 27.5. The largest absolute Gasteiger partial charge is 0.462 e. The Bertz CT molecular complexity index is 889. The molecule has 3 atom stereocenters. The number of aliphatic hydroxyl groups excluding tert-OH is 2. The highest BCUT2D eigenvalue weighted by Gasteiger charge is 2.24. The van der Waals surface area contributed by atoms with Crippen molar-refractivity contribution >= 4 is 11.9 Å². The van der Waals surface area contributed by atoms with Gasteiger partial charge in [-0.15, -0.1) is 0 Å². The van der Waals surface area contributed by atoms with E-state index in [9.17, 15) is 19.8 Å². The van der Waals surface area contributed by atoms with Crippen molar-refractivity contribution < 1.29 is 24.5 Å². The molecule has 0 saturated carbocycles. The highest BCUT2D eigenvalue weighted by Crippen LogP contribution is 2.18. The van der Waals surface area contributed by atoms with Gasteiger partial charge in [0.1, 0.15) is 6.10 Å². The van der Waals surface area contributed by atoms with Gasteiger partial charge in [0.15, 0.2) is 0 Å². The van der Waals surface area contributed by atoms with Gasteiger partial charge >= 0.3 is 5.97 Å². The van der Waals surface area contributed by atoms with Gasteiger partial charge in [-0.1, -0.05) is 212 Å². The molecule has 0 bridgehead atoms. The van der Waals surface area contributed by atoms with Crippen LogP contribution in [0.2, 0.25) is 0 Å². The van der Waals surface area contributed by atoms with Crippen molar-refractivity contribution in [3.05, 3.63) is 24.3 Å². The molecule has 3 N–H and O–H groups in total. The third-order valence-corrected chi connectivity index (χ3v) is 11.3. The summed E-state index contributed by atoms with van der Waals surface area (Å²) in [5.74, 6) is -0.478. The van der Waals surface area contributed by atoms with Gasteiger partial charge in [0.25, 0.3) is 0 Å². The van der Waals surface area contributed by atoms with E-state index in [0.29, 0.717) is 19.3 Å². The smallest absolute Gasteiger partial charge is 0.306 e. The molecule has 0 aromatic heterocycles. The lowest BCUT2D eigenvalue weighted by Gasteiger charge is -2.24. The van der Waals surface area contributed by atoms with Crippen molar-refractivity contribution in [3.63, 3.8) is 0 Å². The zero-order valence-electron chi connectivity index (χ0n) is 37.5. The number of carbonyl (C=O) groups excluding carboxylic acids is 2. The second kappa shape index (κ2) is 44.4. The molecular weight excluding hydrogens is 695 g/mol. The number of nitrogens with one attached hydrogen (secondary N) is 1. The Hall–Kier alpha value is -1.66. The normalized spacial score (nSPS) is 13.4. The fourth-order valence-corrected chi connectivity index (χ4v) is 7.52. The van der Waals surface area contributed by atoms with Gasteiger partial charge in [-0.3, -0.25) is 9.59 Å². The van der Waals surface area contributed by atoms with Crippen LogP contribution in [-0.2, 0) is 14.3 Å². The van der Waals surface area contributed by atoms with E-state index >= 15 is 0 Å². The fourth-order valence-electron chi connectivity index (χ4n) is 7.52. The number of amides is 1. The number of esters is 1. The number of carbonyl (C=O) groups is 2. The van der Waals surface area contributed by atoms with Gasteiger partial charge in [0.05, 0.1) is 25.2 Å². The van der Waals surface area contributed by atoms with Crippen LogP contribution in [0, 0.1) is 0 Å². The summed E-state index contributed by atoms with van der Waals surface area (Å²) < 4.78 is 5.89. The van der Waals surface area contributed by atoms with E-state index in [2.05, 4.69) is 50.4 Å². The number of allylic oxidation sites excluding steroid dienone is 4. The Kier molecular flexibility index (Phi) is 43.1. The van der Waals surface area contributed by atoms with Crippen LogP contribution in [0.25, 0.3) is 0 Å². The van der Waals surface area contributed by atoms with E-state index < -0.39 is 18.2 Å². The molecule has 6 nitrogen and oxygen atoms in total. The predicted octanol–water partition coefficient (Wildman–Crippen LogP) is 14.3.